The predicted molar refractivity (Wildman–Crippen MR) is 71.3 cm³/mol. The fourth-order valence-electron chi connectivity index (χ4n) is 1.34. The van der Waals surface area contributed by atoms with E-state index in [1.165, 1.54) is 4.90 Å². The Morgan fingerprint density at radius 2 is 2.11 bits per heavy atom. The molecule has 0 unspecified atom stereocenters. The maximum absolute atomic E-state index is 11.9. The van der Waals surface area contributed by atoms with Crippen molar-refractivity contribution < 1.29 is 13.2 Å². The minimum atomic E-state index is -3.23. The fourth-order valence-corrected chi connectivity index (χ4v) is 1.99. The summed E-state index contributed by atoms with van der Waals surface area (Å²) in [5.74, 6) is -0.201. The first-order chi connectivity index (χ1) is 8.29. The van der Waals surface area contributed by atoms with Gasteiger partial charge in [0.15, 0.2) is 0 Å². The quantitative estimate of drug-likeness (QED) is 0.878. The number of carbonyl (C=O) groups excluding carboxylic acids is 1. The van der Waals surface area contributed by atoms with Gasteiger partial charge in [-0.05, 0) is 18.2 Å². The minimum Gasteiger partial charge on any atom is -0.340 e. The minimum absolute atomic E-state index is 0.182. The Kier molecular flexibility index (Phi) is 5.13. The van der Waals surface area contributed by atoms with E-state index in [4.69, 9.17) is 11.6 Å². The first-order valence-corrected chi connectivity index (χ1v) is 7.52. The van der Waals surface area contributed by atoms with E-state index < -0.39 is 10.0 Å². The van der Waals surface area contributed by atoms with Crippen LogP contribution in [-0.4, -0.2) is 45.6 Å². The average Bonchev–Trinajstić information content (AvgIpc) is 2.26. The second-order valence-corrected chi connectivity index (χ2v) is 6.17. The average molecular weight is 291 g/mol. The van der Waals surface area contributed by atoms with Gasteiger partial charge in [-0.25, -0.2) is 13.1 Å². The van der Waals surface area contributed by atoms with E-state index in [1.54, 1.807) is 31.3 Å². The number of likely N-dealkylation sites (N-methyl/N-ethyl adjacent to an activating group) is 1. The molecule has 1 amide bonds. The molecule has 100 valence electrons. The van der Waals surface area contributed by atoms with Crippen molar-refractivity contribution in [1.82, 2.24) is 9.62 Å². The molecule has 1 aromatic carbocycles. The van der Waals surface area contributed by atoms with E-state index >= 15 is 0 Å². The molecule has 0 radical (unpaired) electrons. The van der Waals surface area contributed by atoms with Gasteiger partial charge in [-0.15, -0.1) is 0 Å². The van der Waals surface area contributed by atoms with Gasteiger partial charge in [0.25, 0.3) is 5.91 Å². The normalized spacial score (nSPS) is 11.3. The van der Waals surface area contributed by atoms with E-state index in [1.807, 2.05) is 0 Å². The number of nitrogens with one attached hydrogen (secondary N) is 1. The zero-order valence-corrected chi connectivity index (χ0v) is 11.8. The Bertz CT molecular complexity index is 531. The molecule has 18 heavy (non-hydrogen) atoms. The summed E-state index contributed by atoms with van der Waals surface area (Å²) in [5.41, 5.74) is 0.476. The number of sulfonamides is 1. The van der Waals surface area contributed by atoms with Crippen molar-refractivity contribution in [1.29, 1.82) is 0 Å². The molecule has 0 atom stereocenters. The number of hydrogen-bond donors (Lipinski definition) is 1. The van der Waals surface area contributed by atoms with Gasteiger partial charge >= 0.3 is 0 Å². The van der Waals surface area contributed by atoms with Crippen LogP contribution in [0, 0.1) is 0 Å². The summed E-state index contributed by atoms with van der Waals surface area (Å²) in [5, 5.41) is 0.489. The molecule has 1 N–H and O–H groups in total. The lowest BCUT2D eigenvalue weighted by Gasteiger charge is -2.17. The van der Waals surface area contributed by atoms with Crippen molar-refractivity contribution in [3.63, 3.8) is 0 Å². The molecule has 0 bridgehead atoms. The molecular weight excluding hydrogens is 276 g/mol. The molecule has 0 heterocycles. The molecule has 0 aliphatic rings. The molecule has 0 saturated carbocycles. The number of benzene rings is 1. The molecular formula is C11H15ClN2O3S. The zero-order chi connectivity index (χ0) is 13.8. The van der Waals surface area contributed by atoms with Crippen LogP contribution in [0.15, 0.2) is 24.3 Å². The highest BCUT2D eigenvalue weighted by Gasteiger charge is 2.12. The van der Waals surface area contributed by atoms with E-state index in [-0.39, 0.29) is 12.5 Å². The summed E-state index contributed by atoms with van der Waals surface area (Å²) in [6.45, 7) is 0.472. The smallest absolute Gasteiger partial charge is 0.253 e. The van der Waals surface area contributed by atoms with Crippen molar-refractivity contribution >= 4 is 27.5 Å². The molecule has 0 spiro atoms. The number of halogens is 1. The van der Waals surface area contributed by atoms with Crippen molar-refractivity contribution in [3.8, 4) is 0 Å². The van der Waals surface area contributed by atoms with Crippen molar-refractivity contribution in [3.05, 3.63) is 34.9 Å². The summed E-state index contributed by atoms with van der Waals surface area (Å²) in [4.78, 5) is 13.4. The number of carbonyl (C=O) groups is 1. The second kappa shape index (κ2) is 6.17. The summed E-state index contributed by atoms with van der Waals surface area (Å²) in [6.07, 6.45) is 1.08. The lowest BCUT2D eigenvalue weighted by Crippen LogP contribution is -2.35. The van der Waals surface area contributed by atoms with Crippen LogP contribution in [0.1, 0.15) is 10.4 Å². The summed E-state index contributed by atoms with van der Waals surface area (Å²) in [6, 6.07) is 6.61. The van der Waals surface area contributed by atoms with E-state index in [0.29, 0.717) is 17.1 Å². The van der Waals surface area contributed by atoms with Gasteiger partial charge in [0.2, 0.25) is 10.0 Å². The molecule has 0 aromatic heterocycles. The Hall–Kier alpha value is -1.11. The Morgan fingerprint density at radius 3 is 2.67 bits per heavy atom. The SMILES string of the molecule is CN(CCNS(C)(=O)=O)C(=O)c1cccc(Cl)c1. The number of nitrogens with zero attached hydrogens (tertiary/aromatic N) is 1. The summed E-state index contributed by atoms with van der Waals surface area (Å²) < 4.78 is 24.1. The van der Waals surface area contributed by atoms with E-state index in [9.17, 15) is 13.2 Å². The molecule has 7 heteroatoms. The van der Waals surface area contributed by atoms with Crippen LogP contribution in [-0.2, 0) is 10.0 Å². The predicted octanol–water partition coefficient (Wildman–Crippen LogP) is 0.961. The third-order valence-electron chi connectivity index (χ3n) is 2.23. The Morgan fingerprint density at radius 1 is 1.44 bits per heavy atom. The van der Waals surface area contributed by atoms with Gasteiger partial charge in [-0.3, -0.25) is 4.79 Å². The van der Waals surface area contributed by atoms with E-state index in [2.05, 4.69) is 4.72 Å². The maximum atomic E-state index is 11.9. The number of hydrogen-bond acceptors (Lipinski definition) is 3. The Balaban J connectivity index is 2.57. The lowest BCUT2D eigenvalue weighted by atomic mass is 10.2. The highest BCUT2D eigenvalue weighted by molar-refractivity contribution is 7.88. The second-order valence-electron chi connectivity index (χ2n) is 3.90. The van der Waals surface area contributed by atoms with Crippen LogP contribution >= 0.6 is 11.6 Å². The maximum Gasteiger partial charge on any atom is 0.253 e. The van der Waals surface area contributed by atoms with Crippen LogP contribution in [0.2, 0.25) is 5.02 Å². The number of amides is 1. The topological polar surface area (TPSA) is 66.5 Å². The fraction of sp³-hybridized carbons (Fsp3) is 0.364. The molecule has 0 fully saturated rings. The third kappa shape index (κ3) is 5.03. The monoisotopic (exact) mass is 290 g/mol. The van der Waals surface area contributed by atoms with Gasteiger partial charge in [0, 0.05) is 30.7 Å². The first kappa shape index (κ1) is 14.9. The molecule has 0 saturated heterocycles. The van der Waals surface area contributed by atoms with Crippen LogP contribution in [0.3, 0.4) is 0 Å². The van der Waals surface area contributed by atoms with E-state index in [0.717, 1.165) is 6.26 Å². The molecule has 1 aromatic rings. The molecule has 1 rings (SSSR count). The van der Waals surface area contributed by atoms with Crippen LogP contribution in [0.4, 0.5) is 0 Å². The first-order valence-electron chi connectivity index (χ1n) is 5.25. The van der Waals surface area contributed by atoms with Crippen molar-refractivity contribution in [2.45, 2.75) is 0 Å². The summed E-state index contributed by atoms with van der Waals surface area (Å²) in [7, 11) is -1.62. The molecule has 5 nitrogen and oxygen atoms in total. The van der Waals surface area contributed by atoms with Gasteiger partial charge in [0.1, 0.15) is 0 Å². The standard InChI is InChI=1S/C11H15ClN2O3S/c1-14(7-6-13-18(2,16)17)11(15)9-4-3-5-10(12)8-9/h3-5,8,13H,6-7H2,1-2H3. The van der Waals surface area contributed by atoms with Crippen molar-refractivity contribution in [2.24, 2.45) is 0 Å². The van der Waals surface area contributed by atoms with Crippen LogP contribution < -0.4 is 4.72 Å². The van der Waals surface area contributed by atoms with Crippen molar-refractivity contribution in [2.75, 3.05) is 26.4 Å². The number of rotatable bonds is 5. The zero-order valence-electron chi connectivity index (χ0n) is 10.2. The summed E-state index contributed by atoms with van der Waals surface area (Å²) >= 11 is 5.80. The van der Waals surface area contributed by atoms with Gasteiger partial charge in [0.05, 0.1) is 6.26 Å². The van der Waals surface area contributed by atoms with Crippen LogP contribution in [0.5, 0.6) is 0 Å². The highest BCUT2D eigenvalue weighted by Crippen LogP contribution is 2.11. The van der Waals surface area contributed by atoms with Gasteiger partial charge < -0.3 is 4.90 Å². The highest BCUT2D eigenvalue weighted by atomic mass is 35.5. The third-order valence-corrected chi connectivity index (χ3v) is 3.19. The van der Waals surface area contributed by atoms with Gasteiger partial charge in [-0.1, -0.05) is 17.7 Å². The molecule has 0 aliphatic heterocycles. The molecule has 0 aliphatic carbocycles. The lowest BCUT2D eigenvalue weighted by molar-refractivity contribution is 0.0797. The van der Waals surface area contributed by atoms with Gasteiger partial charge in [-0.2, -0.15) is 0 Å². The van der Waals surface area contributed by atoms with Crippen LogP contribution in [0.25, 0.3) is 0 Å². The largest absolute Gasteiger partial charge is 0.340 e. The Labute approximate surface area is 112 Å².